The van der Waals surface area contributed by atoms with E-state index in [1.54, 1.807) is 6.92 Å². The number of nitrogens with zero attached hydrogens (tertiary/aromatic N) is 1. The lowest BCUT2D eigenvalue weighted by molar-refractivity contribution is -0.144. The molecule has 1 saturated heterocycles. The smallest absolute Gasteiger partial charge is 0.259 e. The van der Waals surface area contributed by atoms with Crippen molar-refractivity contribution in [3.63, 3.8) is 0 Å². The van der Waals surface area contributed by atoms with Crippen molar-refractivity contribution in [3.8, 4) is 0 Å². The fourth-order valence-electron chi connectivity index (χ4n) is 0.909. The lowest BCUT2D eigenvalue weighted by Gasteiger charge is -2.31. The maximum Gasteiger partial charge on any atom is 0.259 e. The molecule has 5 nitrogen and oxygen atoms in total. The SMILES string of the molecule is C[C@]1(N)CCC(=O)N(Br)C1=O.O. The van der Waals surface area contributed by atoms with Crippen LogP contribution in [-0.4, -0.2) is 26.8 Å². The topological polar surface area (TPSA) is 94.9 Å². The van der Waals surface area contributed by atoms with Crippen molar-refractivity contribution in [2.75, 3.05) is 0 Å². The molecule has 0 aromatic heterocycles. The zero-order chi connectivity index (χ0) is 8.65. The van der Waals surface area contributed by atoms with Crippen LogP contribution in [0.1, 0.15) is 19.8 Å². The lowest BCUT2D eigenvalue weighted by Crippen LogP contribution is -2.55. The second-order valence-corrected chi connectivity index (χ2v) is 3.61. The lowest BCUT2D eigenvalue weighted by atomic mass is 9.92. The van der Waals surface area contributed by atoms with Crippen molar-refractivity contribution in [1.82, 2.24) is 3.93 Å². The zero-order valence-electron chi connectivity index (χ0n) is 6.63. The summed E-state index contributed by atoms with van der Waals surface area (Å²) in [5, 5.41) is 0. The van der Waals surface area contributed by atoms with Gasteiger partial charge in [0.05, 0.1) is 21.7 Å². The highest BCUT2D eigenvalue weighted by Crippen LogP contribution is 2.22. The number of halogens is 1. The molecule has 1 heterocycles. The number of rotatable bonds is 0. The third kappa shape index (κ3) is 1.82. The molecule has 6 heteroatoms. The van der Waals surface area contributed by atoms with Gasteiger partial charge >= 0.3 is 0 Å². The van der Waals surface area contributed by atoms with Crippen molar-refractivity contribution in [2.45, 2.75) is 25.3 Å². The van der Waals surface area contributed by atoms with Crippen LogP contribution in [0.4, 0.5) is 0 Å². The van der Waals surface area contributed by atoms with E-state index >= 15 is 0 Å². The first-order valence-electron chi connectivity index (χ1n) is 3.27. The van der Waals surface area contributed by atoms with E-state index in [9.17, 15) is 9.59 Å². The first-order chi connectivity index (χ1) is 4.95. The van der Waals surface area contributed by atoms with Gasteiger partial charge in [-0.05, 0) is 13.3 Å². The van der Waals surface area contributed by atoms with E-state index in [4.69, 9.17) is 5.73 Å². The van der Waals surface area contributed by atoms with Crippen LogP contribution in [0.5, 0.6) is 0 Å². The summed E-state index contributed by atoms with van der Waals surface area (Å²) in [5.41, 5.74) is 4.71. The predicted molar refractivity (Wildman–Crippen MR) is 46.2 cm³/mol. The molecule has 1 aliphatic rings. The molecule has 12 heavy (non-hydrogen) atoms. The second kappa shape index (κ2) is 3.51. The number of imide groups is 1. The van der Waals surface area contributed by atoms with E-state index in [2.05, 4.69) is 16.1 Å². The number of hydrogen-bond donors (Lipinski definition) is 1. The van der Waals surface area contributed by atoms with E-state index in [1.165, 1.54) is 0 Å². The van der Waals surface area contributed by atoms with Crippen molar-refractivity contribution >= 4 is 28.0 Å². The number of piperidine rings is 1. The normalized spacial score (nSPS) is 30.1. The molecule has 0 radical (unpaired) electrons. The van der Waals surface area contributed by atoms with E-state index < -0.39 is 5.54 Å². The van der Waals surface area contributed by atoms with Crippen LogP contribution in [0, 0.1) is 0 Å². The number of carbonyl (C=O) groups is 2. The Hall–Kier alpha value is -0.460. The fraction of sp³-hybridized carbons (Fsp3) is 0.667. The van der Waals surface area contributed by atoms with Crippen molar-refractivity contribution in [2.24, 2.45) is 5.73 Å². The minimum absolute atomic E-state index is 0. The fourth-order valence-corrected chi connectivity index (χ4v) is 1.49. The van der Waals surface area contributed by atoms with Gasteiger partial charge in [0, 0.05) is 6.42 Å². The monoisotopic (exact) mass is 238 g/mol. The van der Waals surface area contributed by atoms with Crippen LogP contribution >= 0.6 is 16.1 Å². The van der Waals surface area contributed by atoms with Gasteiger partial charge in [-0.1, -0.05) is 0 Å². The Balaban J connectivity index is 0.00000121. The molecular formula is C6H11BrN2O3. The molecule has 0 unspecified atom stereocenters. The Kier molecular flexibility index (Phi) is 3.37. The quantitative estimate of drug-likeness (QED) is 0.449. The van der Waals surface area contributed by atoms with Crippen molar-refractivity contribution in [1.29, 1.82) is 0 Å². The molecule has 1 rings (SSSR count). The summed E-state index contributed by atoms with van der Waals surface area (Å²) in [6.45, 7) is 1.62. The number of amides is 2. The minimum Gasteiger partial charge on any atom is -0.412 e. The third-order valence-corrected chi connectivity index (χ3v) is 2.46. The molecule has 4 N–H and O–H groups in total. The van der Waals surface area contributed by atoms with Crippen LogP contribution in [0.15, 0.2) is 0 Å². The highest BCUT2D eigenvalue weighted by molar-refractivity contribution is 9.08. The first-order valence-corrected chi connectivity index (χ1v) is 3.98. The molecule has 2 amide bonds. The van der Waals surface area contributed by atoms with Gasteiger partial charge in [-0.3, -0.25) is 9.59 Å². The van der Waals surface area contributed by atoms with Gasteiger partial charge in [-0.25, -0.2) is 3.93 Å². The summed E-state index contributed by atoms with van der Waals surface area (Å²) in [6.07, 6.45) is 0.747. The minimum atomic E-state index is -0.891. The molecule has 0 aromatic rings. The molecule has 1 fully saturated rings. The van der Waals surface area contributed by atoms with Crippen LogP contribution < -0.4 is 5.73 Å². The van der Waals surface area contributed by atoms with Gasteiger partial charge < -0.3 is 11.2 Å². The average Bonchev–Trinajstić information content (AvgIpc) is 1.95. The van der Waals surface area contributed by atoms with E-state index in [0.717, 1.165) is 3.93 Å². The summed E-state index contributed by atoms with van der Waals surface area (Å²) >= 11 is 2.85. The third-order valence-electron chi connectivity index (χ3n) is 1.74. The Morgan fingerprint density at radius 2 is 2.08 bits per heavy atom. The highest BCUT2D eigenvalue weighted by Gasteiger charge is 2.39. The summed E-state index contributed by atoms with van der Waals surface area (Å²) in [5.74, 6) is -0.591. The summed E-state index contributed by atoms with van der Waals surface area (Å²) in [6, 6.07) is 0. The maximum absolute atomic E-state index is 11.2. The predicted octanol–water partition coefficient (Wildman–Crippen LogP) is -0.662. The molecule has 0 saturated carbocycles. The van der Waals surface area contributed by atoms with Gasteiger partial charge in [-0.2, -0.15) is 0 Å². The Bertz CT molecular complexity index is 217. The largest absolute Gasteiger partial charge is 0.412 e. The number of carbonyl (C=O) groups excluding carboxylic acids is 2. The Labute approximate surface area is 78.5 Å². The molecule has 70 valence electrons. The van der Waals surface area contributed by atoms with Crippen LogP contribution in [0.25, 0.3) is 0 Å². The second-order valence-electron chi connectivity index (χ2n) is 2.90. The van der Waals surface area contributed by atoms with Gasteiger partial charge in [0.1, 0.15) is 0 Å². The molecule has 1 atom stereocenters. The summed E-state index contributed by atoms with van der Waals surface area (Å²) < 4.78 is 0.913. The van der Waals surface area contributed by atoms with Crippen molar-refractivity contribution < 1.29 is 15.1 Å². The van der Waals surface area contributed by atoms with Gasteiger partial charge in [0.2, 0.25) is 5.91 Å². The van der Waals surface area contributed by atoms with Crippen LogP contribution in [0.3, 0.4) is 0 Å². The molecule has 0 aliphatic carbocycles. The summed E-state index contributed by atoms with van der Waals surface area (Å²) in [7, 11) is 0. The van der Waals surface area contributed by atoms with Gasteiger partial charge in [0.25, 0.3) is 5.91 Å². The Morgan fingerprint density at radius 3 is 2.50 bits per heavy atom. The average molecular weight is 239 g/mol. The maximum atomic E-state index is 11.2. The van der Waals surface area contributed by atoms with Gasteiger partial charge in [-0.15, -0.1) is 0 Å². The highest BCUT2D eigenvalue weighted by atomic mass is 79.9. The number of nitrogens with two attached hydrogens (primary N) is 1. The standard InChI is InChI=1S/C6H9BrN2O2.H2O/c1-6(8)3-2-4(10)9(7)5(6)11;/h2-3,8H2,1H3;1H2/t6-;/m0./s1. The van der Waals surface area contributed by atoms with E-state index in [1.807, 2.05) is 0 Å². The Morgan fingerprint density at radius 1 is 1.58 bits per heavy atom. The molecule has 0 aromatic carbocycles. The van der Waals surface area contributed by atoms with Crippen LogP contribution in [0.2, 0.25) is 0 Å². The van der Waals surface area contributed by atoms with E-state index in [-0.39, 0.29) is 17.3 Å². The zero-order valence-corrected chi connectivity index (χ0v) is 8.22. The molecule has 0 bridgehead atoms. The van der Waals surface area contributed by atoms with Crippen LogP contribution in [-0.2, 0) is 9.59 Å². The number of hydrogen-bond acceptors (Lipinski definition) is 3. The molecular weight excluding hydrogens is 228 g/mol. The van der Waals surface area contributed by atoms with Gasteiger partial charge in [0.15, 0.2) is 0 Å². The molecule has 1 aliphatic heterocycles. The van der Waals surface area contributed by atoms with E-state index in [0.29, 0.717) is 12.8 Å². The first kappa shape index (κ1) is 11.5. The summed E-state index contributed by atoms with van der Waals surface area (Å²) in [4.78, 5) is 22.1. The van der Waals surface area contributed by atoms with Crippen molar-refractivity contribution in [3.05, 3.63) is 0 Å². The molecule has 0 spiro atoms.